The van der Waals surface area contributed by atoms with Gasteiger partial charge >= 0.3 is 0 Å². The van der Waals surface area contributed by atoms with E-state index in [0.717, 1.165) is 24.7 Å². The van der Waals surface area contributed by atoms with Gasteiger partial charge in [0.25, 0.3) is 0 Å². The van der Waals surface area contributed by atoms with Crippen LogP contribution in [0.25, 0.3) is 0 Å². The molecule has 16 heavy (non-hydrogen) atoms. The topological polar surface area (TPSA) is 52.5 Å². The number of hydrogen-bond donors (Lipinski definition) is 3. The minimum absolute atomic E-state index is 0.252. The highest BCUT2D eigenvalue weighted by molar-refractivity contribution is 9.11. The van der Waals surface area contributed by atoms with Crippen LogP contribution in [0, 0.1) is 6.92 Å². The van der Waals surface area contributed by atoms with E-state index in [4.69, 9.17) is 5.11 Å². The van der Waals surface area contributed by atoms with E-state index in [1.807, 2.05) is 13.0 Å². The minimum Gasteiger partial charge on any atom is -0.394 e. The maximum absolute atomic E-state index is 9.27. The smallest absolute Gasteiger partial charge is 0.0942 e. The molecule has 1 aromatic carbocycles. The van der Waals surface area contributed by atoms with Crippen LogP contribution < -0.4 is 5.32 Å². The number of aliphatic hydroxyl groups is 2. The molecule has 3 N–H and O–H groups in total. The third-order valence-electron chi connectivity index (χ3n) is 2.12. The van der Waals surface area contributed by atoms with Gasteiger partial charge in [0, 0.05) is 20.0 Å². The average molecular weight is 418 g/mol. The Hall–Kier alpha value is 0.380. The maximum Gasteiger partial charge on any atom is 0.0942 e. The van der Waals surface area contributed by atoms with Crippen molar-refractivity contribution in [3.63, 3.8) is 0 Å². The van der Waals surface area contributed by atoms with Crippen molar-refractivity contribution in [2.75, 3.05) is 18.5 Å². The first-order valence-electron chi connectivity index (χ1n) is 4.64. The second-order valence-electron chi connectivity index (χ2n) is 3.37. The summed E-state index contributed by atoms with van der Waals surface area (Å²) in [4.78, 5) is 0. The van der Waals surface area contributed by atoms with Crippen LogP contribution in [0.3, 0.4) is 0 Å². The number of nitrogens with one attached hydrogen (secondary N) is 1. The van der Waals surface area contributed by atoms with Crippen molar-refractivity contribution in [2.24, 2.45) is 0 Å². The predicted octanol–water partition coefficient (Wildman–Crippen LogP) is 3.05. The monoisotopic (exact) mass is 415 g/mol. The van der Waals surface area contributed by atoms with E-state index in [0.29, 0.717) is 6.54 Å². The molecule has 0 radical (unpaired) electrons. The zero-order valence-electron chi connectivity index (χ0n) is 8.60. The predicted molar refractivity (Wildman–Crippen MR) is 75.9 cm³/mol. The molecule has 0 heterocycles. The standard InChI is InChI=1S/C10H12Br3NO2/c1-5-7(11)2-8(12)10(9(5)13)14-3-6(16)4-15/h2,6,14-16H,3-4H2,1H3. The van der Waals surface area contributed by atoms with Crippen molar-refractivity contribution >= 4 is 53.5 Å². The Labute approximate surface area is 120 Å². The Bertz CT molecular complexity index is 385. The van der Waals surface area contributed by atoms with Gasteiger partial charge in [-0.15, -0.1) is 0 Å². The molecule has 0 saturated heterocycles. The SMILES string of the molecule is Cc1c(Br)cc(Br)c(NCC(O)CO)c1Br. The fourth-order valence-electron chi connectivity index (χ4n) is 1.14. The van der Waals surface area contributed by atoms with E-state index in [1.165, 1.54) is 0 Å². The molecule has 1 aromatic rings. The lowest BCUT2D eigenvalue weighted by atomic mass is 10.2. The molecule has 6 heteroatoms. The maximum atomic E-state index is 9.27. The Morgan fingerprint density at radius 2 is 1.94 bits per heavy atom. The normalized spacial score (nSPS) is 12.6. The lowest BCUT2D eigenvalue weighted by Crippen LogP contribution is -2.23. The van der Waals surface area contributed by atoms with Crippen molar-refractivity contribution in [3.8, 4) is 0 Å². The quantitative estimate of drug-likeness (QED) is 0.705. The molecule has 0 amide bonds. The summed E-state index contributed by atoms with van der Waals surface area (Å²) >= 11 is 10.4. The average Bonchev–Trinajstić information content (AvgIpc) is 2.25. The highest BCUT2D eigenvalue weighted by Gasteiger charge is 2.12. The molecule has 0 bridgehead atoms. The van der Waals surface area contributed by atoms with Crippen LogP contribution in [0.1, 0.15) is 5.56 Å². The Kier molecular flexibility index (Phi) is 5.73. The van der Waals surface area contributed by atoms with Gasteiger partial charge in [-0.05, 0) is 50.4 Å². The molecule has 0 saturated carbocycles. The zero-order chi connectivity index (χ0) is 12.3. The van der Waals surface area contributed by atoms with E-state index in [-0.39, 0.29) is 6.61 Å². The van der Waals surface area contributed by atoms with Gasteiger partial charge in [-0.2, -0.15) is 0 Å². The fourth-order valence-corrected chi connectivity index (χ4v) is 3.54. The van der Waals surface area contributed by atoms with Crippen LogP contribution in [0.4, 0.5) is 5.69 Å². The number of benzene rings is 1. The zero-order valence-corrected chi connectivity index (χ0v) is 13.4. The van der Waals surface area contributed by atoms with Crippen molar-refractivity contribution in [2.45, 2.75) is 13.0 Å². The summed E-state index contributed by atoms with van der Waals surface area (Å²) in [5, 5.41) is 21.1. The summed E-state index contributed by atoms with van der Waals surface area (Å²) in [6.45, 7) is 2.03. The van der Waals surface area contributed by atoms with E-state index < -0.39 is 6.10 Å². The van der Waals surface area contributed by atoms with Gasteiger partial charge in [0.15, 0.2) is 0 Å². The molecule has 90 valence electrons. The van der Waals surface area contributed by atoms with Crippen LogP contribution in [0.15, 0.2) is 19.5 Å². The largest absolute Gasteiger partial charge is 0.394 e. The Balaban J connectivity index is 2.92. The summed E-state index contributed by atoms with van der Waals surface area (Å²) in [6, 6.07) is 1.94. The number of anilines is 1. The van der Waals surface area contributed by atoms with Gasteiger partial charge in [0.05, 0.1) is 18.4 Å². The highest BCUT2D eigenvalue weighted by Crippen LogP contribution is 2.37. The highest BCUT2D eigenvalue weighted by atomic mass is 79.9. The van der Waals surface area contributed by atoms with Gasteiger partial charge in [-0.25, -0.2) is 0 Å². The van der Waals surface area contributed by atoms with Crippen molar-refractivity contribution in [1.29, 1.82) is 0 Å². The summed E-state index contributed by atoms with van der Waals surface area (Å²) in [5.41, 5.74) is 1.94. The van der Waals surface area contributed by atoms with E-state index in [1.54, 1.807) is 0 Å². The molecule has 0 aliphatic rings. The lowest BCUT2D eigenvalue weighted by Gasteiger charge is -2.15. The molecule has 0 aromatic heterocycles. The van der Waals surface area contributed by atoms with Crippen LogP contribution in [0.5, 0.6) is 0 Å². The van der Waals surface area contributed by atoms with Gasteiger partial charge in [0.1, 0.15) is 0 Å². The summed E-state index contributed by atoms with van der Waals surface area (Å²) in [7, 11) is 0. The molecule has 3 nitrogen and oxygen atoms in total. The number of aliphatic hydroxyl groups excluding tert-OH is 2. The third kappa shape index (κ3) is 3.43. The van der Waals surface area contributed by atoms with Crippen LogP contribution in [0.2, 0.25) is 0 Å². The van der Waals surface area contributed by atoms with Gasteiger partial charge in [0.2, 0.25) is 0 Å². The first-order valence-corrected chi connectivity index (χ1v) is 7.02. The third-order valence-corrected chi connectivity index (χ3v) is 4.56. The van der Waals surface area contributed by atoms with Crippen LogP contribution >= 0.6 is 47.8 Å². The van der Waals surface area contributed by atoms with Crippen molar-refractivity contribution in [1.82, 2.24) is 0 Å². The van der Waals surface area contributed by atoms with Gasteiger partial charge in [-0.3, -0.25) is 0 Å². The molecular formula is C10H12Br3NO2. The first-order chi connectivity index (χ1) is 7.47. The van der Waals surface area contributed by atoms with Crippen molar-refractivity contribution < 1.29 is 10.2 Å². The van der Waals surface area contributed by atoms with Gasteiger partial charge in [-0.1, -0.05) is 15.9 Å². The molecule has 0 spiro atoms. The minimum atomic E-state index is -0.761. The summed E-state index contributed by atoms with van der Waals surface area (Å²) < 4.78 is 2.82. The fraction of sp³-hybridized carbons (Fsp3) is 0.400. The molecule has 0 fully saturated rings. The second-order valence-corrected chi connectivity index (χ2v) is 5.87. The number of hydrogen-bond acceptors (Lipinski definition) is 3. The molecular weight excluding hydrogens is 406 g/mol. The molecule has 0 aliphatic heterocycles. The summed E-state index contributed by atoms with van der Waals surface area (Å²) in [6.07, 6.45) is -0.761. The van der Waals surface area contributed by atoms with Crippen LogP contribution in [-0.2, 0) is 0 Å². The molecule has 1 unspecified atom stereocenters. The number of halogens is 3. The number of rotatable bonds is 4. The Morgan fingerprint density at radius 1 is 1.31 bits per heavy atom. The molecule has 0 aliphatic carbocycles. The molecule has 1 rings (SSSR count). The summed E-state index contributed by atoms with van der Waals surface area (Å²) in [5.74, 6) is 0. The second kappa shape index (κ2) is 6.35. The lowest BCUT2D eigenvalue weighted by molar-refractivity contribution is 0.105. The molecule has 1 atom stereocenters. The van der Waals surface area contributed by atoms with Gasteiger partial charge < -0.3 is 15.5 Å². The van der Waals surface area contributed by atoms with E-state index in [2.05, 4.69) is 53.1 Å². The van der Waals surface area contributed by atoms with E-state index in [9.17, 15) is 5.11 Å². The first kappa shape index (κ1) is 14.4. The van der Waals surface area contributed by atoms with Crippen LogP contribution in [-0.4, -0.2) is 29.5 Å². The van der Waals surface area contributed by atoms with Crippen molar-refractivity contribution in [3.05, 3.63) is 25.0 Å². The van der Waals surface area contributed by atoms with E-state index >= 15 is 0 Å². The Morgan fingerprint density at radius 3 is 2.50 bits per heavy atom.